The van der Waals surface area contributed by atoms with Crippen molar-refractivity contribution in [2.75, 3.05) is 11.4 Å². The van der Waals surface area contributed by atoms with Crippen LogP contribution in [0.1, 0.15) is 55.0 Å². The number of nitrogens with one attached hydrogen (secondary N) is 1. The van der Waals surface area contributed by atoms with Gasteiger partial charge in [-0.1, -0.05) is 31.5 Å². The molecule has 0 bridgehead atoms. The summed E-state index contributed by atoms with van der Waals surface area (Å²) in [5.74, 6) is 1.47. The van der Waals surface area contributed by atoms with Crippen LogP contribution < -0.4 is 4.90 Å². The number of aromatic nitrogens is 3. The van der Waals surface area contributed by atoms with E-state index in [1.54, 1.807) is 4.90 Å². The maximum absolute atomic E-state index is 12.7. The van der Waals surface area contributed by atoms with E-state index >= 15 is 0 Å². The fourth-order valence-corrected chi connectivity index (χ4v) is 2.30. The molecule has 5 heteroatoms. The van der Waals surface area contributed by atoms with E-state index in [4.69, 9.17) is 0 Å². The van der Waals surface area contributed by atoms with E-state index in [9.17, 15) is 4.79 Å². The molecule has 0 atom stereocenters. The summed E-state index contributed by atoms with van der Waals surface area (Å²) in [5.41, 5.74) is 0.897. The lowest BCUT2D eigenvalue weighted by Crippen LogP contribution is -2.32. The predicted octanol–water partition coefficient (Wildman–Crippen LogP) is 3.13. The Labute approximate surface area is 124 Å². The van der Waals surface area contributed by atoms with E-state index in [-0.39, 0.29) is 11.7 Å². The molecule has 2 aromatic rings. The highest BCUT2D eigenvalue weighted by atomic mass is 16.2. The second-order valence-electron chi connectivity index (χ2n) is 5.46. The van der Waals surface area contributed by atoms with Gasteiger partial charge in [-0.2, -0.15) is 0 Å². The van der Waals surface area contributed by atoms with Crippen LogP contribution in [0.2, 0.25) is 0 Å². The molecule has 0 aliphatic heterocycles. The van der Waals surface area contributed by atoms with Gasteiger partial charge in [0.2, 0.25) is 5.82 Å². The van der Waals surface area contributed by atoms with Gasteiger partial charge in [-0.05, 0) is 31.4 Å². The minimum absolute atomic E-state index is 0.127. The zero-order chi connectivity index (χ0) is 14.7. The minimum atomic E-state index is -0.127. The highest BCUT2D eigenvalue weighted by Crippen LogP contribution is 2.37. The Bertz CT molecular complexity index is 604. The second kappa shape index (κ2) is 6.08. The number of hydrogen-bond acceptors (Lipinski definition) is 3. The highest BCUT2D eigenvalue weighted by molar-refractivity contribution is 6.03. The molecule has 1 amide bonds. The molecule has 1 saturated carbocycles. The molecule has 1 aliphatic rings. The largest absolute Gasteiger partial charge is 0.306 e. The van der Waals surface area contributed by atoms with Crippen molar-refractivity contribution in [1.29, 1.82) is 0 Å². The van der Waals surface area contributed by atoms with Crippen molar-refractivity contribution >= 4 is 11.6 Å². The Hall–Kier alpha value is -2.17. The number of benzene rings is 1. The molecule has 3 rings (SSSR count). The van der Waals surface area contributed by atoms with Gasteiger partial charge in [0.15, 0.2) is 0 Å². The first-order valence-corrected chi connectivity index (χ1v) is 7.58. The Kier molecular flexibility index (Phi) is 3.99. The van der Waals surface area contributed by atoms with Gasteiger partial charge in [-0.25, -0.2) is 4.98 Å². The number of para-hydroxylation sites is 1. The maximum atomic E-state index is 12.7. The molecule has 1 fully saturated rings. The summed E-state index contributed by atoms with van der Waals surface area (Å²) in [6.45, 7) is 2.80. The van der Waals surface area contributed by atoms with E-state index in [1.807, 2.05) is 30.3 Å². The lowest BCUT2D eigenvalue weighted by Gasteiger charge is -2.21. The Morgan fingerprint density at radius 3 is 2.76 bits per heavy atom. The molecule has 21 heavy (non-hydrogen) atoms. The van der Waals surface area contributed by atoms with Crippen LogP contribution in [0.15, 0.2) is 30.3 Å². The number of hydrogen-bond donors (Lipinski definition) is 1. The van der Waals surface area contributed by atoms with Crippen molar-refractivity contribution < 1.29 is 4.79 Å². The molecule has 1 aromatic heterocycles. The van der Waals surface area contributed by atoms with Crippen molar-refractivity contribution in [2.45, 2.75) is 38.5 Å². The smallest absolute Gasteiger partial charge is 0.297 e. The van der Waals surface area contributed by atoms with Crippen LogP contribution in [-0.2, 0) is 0 Å². The molecule has 1 heterocycles. The molecular weight excluding hydrogens is 264 g/mol. The molecule has 1 aliphatic carbocycles. The molecule has 0 spiro atoms. The number of aromatic amines is 1. The molecule has 5 nitrogen and oxygen atoms in total. The van der Waals surface area contributed by atoms with Crippen molar-refractivity contribution in [2.24, 2.45) is 0 Å². The first-order chi connectivity index (χ1) is 10.3. The number of nitrogens with zero attached hydrogens (tertiary/aromatic N) is 3. The van der Waals surface area contributed by atoms with Crippen molar-refractivity contribution in [3.63, 3.8) is 0 Å². The number of carbonyl (C=O) groups excluding carboxylic acids is 1. The van der Waals surface area contributed by atoms with Gasteiger partial charge in [-0.3, -0.25) is 9.89 Å². The number of anilines is 1. The summed E-state index contributed by atoms with van der Waals surface area (Å²) < 4.78 is 0. The minimum Gasteiger partial charge on any atom is -0.306 e. The van der Waals surface area contributed by atoms with Crippen LogP contribution in [0.4, 0.5) is 5.69 Å². The van der Waals surface area contributed by atoms with Crippen LogP contribution in [0.25, 0.3) is 0 Å². The van der Waals surface area contributed by atoms with Crippen LogP contribution in [0.5, 0.6) is 0 Å². The van der Waals surface area contributed by atoms with E-state index in [2.05, 4.69) is 22.1 Å². The number of rotatable bonds is 6. The van der Waals surface area contributed by atoms with Gasteiger partial charge >= 0.3 is 0 Å². The van der Waals surface area contributed by atoms with E-state index in [0.717, 1.165) is 37.2 Å². The Morgan fingerprint density at radius 1 is 1.33 bits per heavy atom. The van der Waals surface area contributed by atoms with E-state index in [1.165, 1.54) is 0 Å². The van der Waals surface area contributed by atoms with Crippen LogP contribution in [0.3, 0.4) is 0 Å². The third-order valence-corrected chi connectivity index (χ3v) is 3.71. The number of H-pyrrole nitrogens is 1. The summed E-state index contributed by atoms with van der Waals surface area (Å²) in [5, 5.41) is 7.01. The topological polar surface area (TPSA) is 61.9 Å². The maximum Gasteiger partial charge on any atom is 0.297 e. The van der Waals surface area contributed by atoms with E-state index < -0.39 is 0 Å². The van der Waals surface area contributed by atoms with E-state index in [0.29, 0.717) is 12.5 Å². The standard InChI is InChI=1S/C16H20N4O/c1-2-3-11-20(13-7-5-4-6-8-13)16(21)15-17-14(18-19-15)12-9-10-12/h4-8,12H,2-3,9-11H2,1H3,(H,17,18,19). The predicted molar refractivity (Wildman–Crippen MR) is 81.4 cm³/mol. The molecule has 0 radical (unpaired) electrons. The highest BCUT2D eigenvalue weighted by Gasteiger charge is 2.29. The average molecular weight is 284 g/mol. The first-order valence-electron chi connectivity index (χ1n) is 7.58. The quantitative estimate of drug-likeness (QED) is 0.886. The lowest BCUT2D eigenvalue weighted by molar-refractivity contribution is 0.0977. The zero-order valence-electron chi connectivity index (χ0n) is 12.2. The lowest BCUT2D eigenvalue weighted by atomic mass is 10.2. The molecule has 0 saturated heterocycles. The monoisotopic (exact) mass is 284 g/mol. The van der Waals surface area contributed by atoms with Gasteiger partial charge in [-0.15, -0.1) is 5.10 Å². The number of unbranched alkanes of at least 4 members (excludes halogenated alkanes) is 1. The number of carbonyl (C=O) groups is 1. The SMILES string of the molecule is CCCCN(C(=O)c1n[nH]c(C2CC2)n1)c1ccccc1. The third-order valence-electron chi connectivity index (χ3n) is 3.71. The van der Waals surface area contributed by atoms with Crippen LogP contribution >= 0.6 is 0 Å². The van der Waals surface area contributed by atoms with Gasteiger partial charge < -0.3 is 4.90 Å². The van der Waals surface area contributed by atoms with Gasteiger partial charge in [0, 0.05) is 18.2 Å². The molecule has 0 unspecified atom stereocenters. The van der Waals surface area contributed by atoms with Crippen molar-refractivity contribution in [1.82, 2.24) is 15.2 Å². The van der Waals surface area contributed by atoms with Gasteiger partial charge in [0.05, 0.1) is 0 Å². The fraction of sp³-hybridized carbons (Fsp3) is 0.438. The van der Waals surface area contributed by atoms with Gasteiger partial charge in [0.25, 0.3) is 5.91 Å². The summed E-state index contributed by atoms with van der Waals surface area (Å²) in [6.07, 6.45) is 4.28. The third kappa shape index (κ3) is 3.12. The molecule has 110 valence electrons. The second-order valence-corrected chi connectivity index (χ2v) is 5.46. The Morgan fingerprint density at radius 2 is 2.10 bits per heavy atom. The summed E-state index contributed by atoms with van der Waals surface area (Å²) >= 11 is 0. The molecular formula is C16H20N4O. The van der Waals surface area contributed by atoms with Gasteiger partial charge in [0.1, 0.15) is 5.82 Å². The first kappa shape index (κ1) is 13.8. The fourth-order valence-electron chi connectivity index (χ4n) is 2.30. The van der Waals surface area contributed by atoms with Crippen molar-refractivity contribution in [3.05, 3.63) is 42.0 Å². The summed E-state index contributed by atoms with van der Waals surface area (Å²) in [7, 11) is 0. The summed E-state index contributed by atoms with van der Waals surface area (Å²) in [4.78, 5) is 18.8. The molecule has 1 aromatic carbocycles. The Balaban J connectivity index is 1.82. The zero-order valence-corrected chi connectivity index (χ0v) is 12.2. The van der Waals surface area contributed by atoms with Crippen LogP contribution in [-0.4, -0.2) is 27.6 Å². The van der Waals surface area contributed by atoms with Crippen molar-refractivity contribution in [3.8, 4) is 0 Å². The molecule has 1 N–H and O–H groups in total. The normalized spacial score (nSPS) is 14.1. The average Bonchev–Trinajstić information content (AvgIpc) is 3.26. The van der Waals surface area contributed by atoms with Crippen LogP contribution in [0, 0.1) is 0 Å². The summed E-state index contributed by atoms with van der Waals surface area (Å²) in [6, 6.07) is 9.72. The number of amides is 1.